The summed E-state index contributed by atoms with van der Waals surface area (Å²) in [4.78, 5) is 0. The van der Waals surface area contributed by atoms with Crippen LogP contribution < -0.4 is 36.9 Å². The monoisotopic (exact) mass is 295 g/mol. The maximum absolute atomic E-state index is 0. The molecular weight excluding hydrogens is 276 g/mol. The Kier molecular flexibility index (Phi) is 290000. The standard InChI is InChI=1S/Ir.6H3N/h;6*1H3. The molecule has 0 bridgehead atoms. The van der Waals surface area contributed by atoms with Crippen molar-refractivity contribution in [3.05, 3.63) is 0 Å². The van der Waals surface area contributed by atoms with E-state index in [2.05, 4.69) is 0 Å². The van der Waals surface area contributed by atoms with Crippen molar-refractivity contribution in [2.75, 3.05) is 0 Å². The van der Waals surface area contributed by atoms with Crippen molar-refractivity contribution in [1.29, 1.82) is 0 Å². The van der Waals surface area contributed by atoms with Crippen LogP contribution in [0.15, 0.2) is 0 Å². The zero-order valence-corrected chi connectivity index (χ0v) is 6.97. The molecule has 6 nitrogen and oxygen atoms in total. The minimum Gasteiger partial charge on any atom is -0.344 e. The Morgan fingerprint density at radius 2 is 0.286 bits per heavy atom. The average molecular weight is 294 g/mol. The van der Waals surface area contributed by atoms with E-state index < -0.39 is 0 Å². The predicted octanol–water partition coefficient (Wildman–Crippen LogP) is 0.969. The van der Waals surface area contributed by atoms with Gasteiger partial charge in [0.1, 0.15) is 0 Å². The Hall–Kier alpha value is 0.409. The molecular formula is H18IrN6. The summed E-state index contributed by atoms with van der Waals surface area (Å²) in [6.07, 6.45) is 0. The fourth-order valence-electron chi connectivity index (χ4n) is 0. The van der Waals surface area contributed by atoms with Gasteiger partial charge in [0.15, 0.2) is 0 Å². The fourth-order valence-corrected chi connectivity index (χ4v) is 0. The topological polar surface area (TPSA) is 210 Å². The molecule has 0 fully saturated rings. The Labute approximate surface area is 57.7 Å². The van der Waals surface area contributed by atoms with E-state index in [1.165, 1.54) is 0 Å². The zero-order valence-electron chi connectivity index (χ0n) is 4.58. The summed E-state index contributed by atoms with van der Waals surface area (Å²) in [7, 11) is 0. The Balaban J connectivity index is 0. The third-order valence-electron chi connectivity index (χ3n) is 0. The van der Waals surface area contributed by atoms with Gasteiger partial charge in [-0.3, -0.25) is 0 Å². The molecule has 0 saturated heterocycles. The van der Waals surface area contributed by atoms with Gasteiger partial charge in [-0.15, -0.1) is 0 Å². The summed E-state index contributed by atoms with van der Waals surface area (Å²) in [6, 6.07) is 0. The molecule has 7 heteroatoms. The number of hydrogen-bond donors (Lipinski definition) is 6. The van der Waals surface area contributed by atoms with E-state index in [1.807, 2.05) is 0 Å². The Morgan fingerprint density at radius 3 is 0.286 bits per heavy atom. The van der Waals surface area contributed by atoms with Crippen LogP contribution in [-0.4, -0.2) is 0 Å². The van der Waals surface area contributed by atoms with Crippen LogP contribution >= 0.6 is 0 Å². The minimum absolute atomic E-state index is 0. The third-order valence-corrected chi connectivity index (χ3v) is 0. The smallest absolute Gasteiger partial charge is 0 e. The summed E-state index contributed by atoms with van der Waals surface area (Å²) >= 11 is 0. The van der Waals surface area contributed by atoms with Crippen LogP contribution in [-0.2, 0) is 20.1 Å². The van der Waals surface area contributed by atoms with Gasteiger partial charge in [-0.1, -0.05) is 0 Å². The molecule has 0 aromatic rings. The molecule has 0 aliphatic carbocycles. The van der Waals surface area contributed by atoms with Gasteiger partial charge >= 0.3 is 0 Å². The average Bonchev–Trinajstić information content (AvgIpc) is 0. The third kappa shape index (κ3) is 744. The SMILES string of the molecule is N.N.N.N.N.N.[Ir]. The minimum atomic E-state index is 0. The van der Waals surface area contributed by atoms with Gasteiger partial charge in [-0.2, -0.15) is 0 Å². The van der Waals surface area contributed by atoms with Crippen LogP contribution in [0.25, 0.3) is 0 Å². The molecule has 0 aromatic carbocycles. The van der Waals surface area contributed by atoms with Gasteiger partial charge in [-0.25, -0.2) is 0 Å². The van der Waals surface area contributed by atoms with E-state index in [1.54, 1.807) is 0 Å². The molecule has 0 aromatic heterocycles. The number of hydrogen-bond acceptors (Lipinski definition) is 6. The van der Waals surface area contributed by atoms with E-state index in [-0.39, 0.29) is 57.0 Å². The molecule has 0 rings (SSSR count). The summed E-state index contributed by atoms with van der Waals surface area (Å²) in [5.74, 6) is 0. The summed E-state index contributed by atoms with van der Waals surface area (Å²) in [5, 5.41) is 0. The molecule has 0 heterocycles. The molecule has 57 valence electrons. The van der Waals surface area contributed by atoms with Gasteiger partial charge in [0.2, 0.25) is 0 Å². The molecule has 0 spiro atoms. The van der Waals surface area contributed by atoms with E-state index in [0.717, 1.165) is 0 Å². The molecule has 0 aliphatic heterocycles. The molecule has 7 heavy (non-hydrogen) atoms. The first-order valence-corrected chi connectivity index (χ1v) is 0. The van der Waals surface area contributed by atoms with Crippen molar-refractivity contribution in [2.24, 2.45) is 0 Å². The predicted molar refractivity (Wildman–Crippen MR) is 30.1 cm³/mol. The van der Waals surface area contributed by atoms with Crippen LogP contribution in [0.2, 0.25) is 0 Å². The summed E-state index contributed by atoms with van der Waals surface area (Å²) in [5.41, 5.74) is 0. The second-order valence-corrected chi connectivity index (χ2v) is 0. The number of rotatable bonds is 0. The van der Waals surface area contributed by atoms with Crippen LogP contribution in [0, 0.1) is 0 Å². The molecule has 0 amide bonds. The van der Waals surface area contributed by atoms with Crippen molar-refractivity contribution >= 4 is 0 Å². The van der Waals surface area contributed by atoms with E-state index >= 15 is 0 Å². The van der Waals surface area contributed by atoms with Gasteiger partial charge in [0.25, 0.3) is 0 Å². The maximum atomic E-state index is 0. The van der Waals surface area contributed by atoms with Gasteiger partial charge < -0.3 is 36.9 Å². The summed E-state index contributed by atoms with van der Waals surface area (Å²) < 4.78 is 0. The van der Waals surface area contributed by atoms with Crippen molar-refractivity contribution in [1.82, 2.24) is 36.9 Å². The van der Waals surface area contributed by atoms with Crippen molar-refractivity contribution in [3.63, 3.8) is 0 Å². The normalized spacial score (nSPS) is 0. The fraction of sp³-hybridized carbons (Fsp3) is 0. The van der Waals surface area contributed by atoms with Crippen molar-refractivity contribution in [3.8, 4) is 0 Å². The van der Waals surface area contributed by atoms with E-state index in [0.29, 0.717) is 0 Å². The van der Waals surface area contributed by atoms with Crippen molar-refractivity contribution < 1.29 is 20.1 Å². The van der Waals surface area contributed by atoms with Crippen molar-refractivity contribution in [2.45, 2.75) is 0 Å². The maximum Gasteiger partial charge on any atom is 0 e. The molecule has 0 atom stereocenters. The zero-order chi connectivity index (χ0) is 0. The van der Waals surface area contributed by atoms with E-state index in [4.69, 9.17) is 0 Å². The molecule has 0 aliphatic rings. The Morgan fingerprint density at radius 1 is 0.286 bits per heavy atom. The van der Waals surface area contributed by atoms with E-state index in [9.17, 15) is 0 Å². The first-order valence-electron chi connectivity index (χ1n) is 0. The molecule has 0 unspecified atom stereocenters. The van der Waals surface area contributed by atoms with Crippen LogP contribution in [0.1, 0.15) is 0 Å². The molecule has 18 N–H and O–H groups in total. The van der Waals surface area contributed by atoms with Gasteiger partial charge in [0, 0.05) is 20.1 Å². The first kappa shape index (κ1) is 1820. The van der Waals surface area contributed by atoms with Crippen LogP contribution in [0.4, 0.5) is 0 Å². The quantitative estimate of drug-likeness (QED) is 0.382. The van der Waals surface area contributed by atoms with Crippen LogP contribution in [0.5, 0.6) is 0 Å². The molecule has 1 radical (unpaired) electrons. The summed E-state index contributed by atoms with van der Waals surface area (Å²) in [6.45, 7) is 0. The largest absolute Gasteiger partial charge is 0.344 e. The van der Waals surface area contributed by atoms with Crippen LogP contribution in [0.3, 0.4) is 0 Å². The van der Waals surface area contributed by atoms with Gasteiger partial charge in [-0.05, 0) is 0 Å². The second kappa shape index (κ2) is 1120. The second-order valence-electron chi connectivity index (χ2n) is 0. The first-order chi connectivity index (χ1) is 0. The van der Waals surface area contributed by atoms with Gasteiger partial charge in [0.05, 0.1) is 0 Å². The molecule has 0 saturated carbocycles. The Bertz CT molecular complexity index is 4.14.